The second-order valence-electron chi connectivity index (χ2n) is 7.37. The number of anilines is 1. The van der Waals surface area contributed by atoms with Gasteiger partial charge in [0.2, 0.25) is 11.8 Å². The number of nitrogens with zero attached hydrogens (tertiary/aromatic N) is 3. The van der Waals surface area contributed by atoms with Crippen molar-refractivity contribution in [3.63, 3.8) is 0 Å². The van der Waals surface area contributed by atoms with Gasteiger partial charge in [-0.15, -0.1) is 0 Å². The van der Waals surface area contributed by atoms with Crippen LogP contribution in [0, 0.1) is 19.3 Å². The molecule has 0 radical (unpaired) electrons. The second-order valence-corrected chi connectivity index (χ2v) is 7.37. The molecule has 146 valence electrons. The summed E-state index contributed by atoms with van der Waals surface area (Å²) in [6, 6.07) is 5.39. The number of pyridine rings is 1. The van der Waals surface area contributed by atoms with Crippen molar-refractivity contribution in [3.05, 3.63) is 39.9 Å². The fourth-order valence-corrected chi connectivity index (χ4v) is 2.92. The maximum atomic E-state index is 12.9. The third-order valence-corrected chi connectivity index (χ3v) is 4.35. The molecule has 0 saturated heterocycles. The van der Waals surface area contributed by atoms with E-state index in [1.807, 2.05) is 19.1 Å². The zero-order valence-electron chi connectivity index (χ0n) is 16.3. The number of carbonyl (C=O) groups excluding carboxylic acids is 2. The van der Waals surface area contributed by atoms with Gasteiger partial charge < -0.3 is 5.32 Å². The lowest BCUT2D eigenvalue weighted by molar-refractivity contribution is -0.124. The van der Waals surface area contributed by atoms with Crippen LogP contribution in [0.3, 0.4) is 0 Å². The first kappa shape index (κ1) is 20.4. The average molecular weight is 374 g/mol. The molecule has 0 aliphatic rings. The summed E-state index contributed by atoms with van der Waals surface area (Å²) in [4.78, 5) is 41.2. The van der Waals surface area contributed by atoms with Gasteiger partial charge in [-0.05, 0) is 31.4 Å². The highest BCUT2D eigenvalue weighted by atomic mass is 16.2. The van der Waals surface area contributed by atoms with Crippen LogP contribution in [0.1, 0.15) is 38.1 Å². The number of hydrogen-bond donors (Lipinski definition) is 3. The minimum Gasteiger partial charge on any atom is -0.320 e. The van der Waals surface area contributed by atoms with E-state index in [-0.39, 0.29) is 35.9 Å². The van der Waals surface area contributed by atoms with Crippen LogP contribution in [0.15, 0.2) is 23.0 Å². The number of rotatable bonds is 6. The molecule has 0 unspecified atom stereocenters. The van der Waals surface area contributed by atoms with Crippen molar-refractivity contribution in [2.45, 2.75) is 40.5 Å². The molecule has 0 atom stereocenters. The zero-order chi connectivity index (χ0) is 20.4. The number of hydrogen-bond acceptors (Lipinski definition) is 5. The molecule has 9 nitrogen and oxygen atoms in total. The van der Waals surface area contributed by atoms with Crippen LogP contribution < -0.4 is 22.1 Å². The van der Waals surface area contributed by atoms with Crippen molar-refractivity contribution in [1.29, 1.82) is 0 Å². The van der Waals surface area contributed by atoms with Crippen LogP contribution >= 0.6 is 0 Å². The topological polar surface area (TPSA) is 124 Å². The van der Waals surface area contributed by atoms with Gasteiger partial charge in [0.1, 0.15) is 5.69 Å². The van der Waals surface area contributed by atoms with Crippen molar-refractivity contribution < 1.29 is 9.59 Å². The van der Waals surface area contributed by atoms with Gasteiger partial charge in [0.05, 0.1) is 5.69 Å². The van der Waals surface area contributed by atoms with E-state index in [0.29, 0.717) is 11.5 Å². The Balaban J connectivity index is 2.28. The molecule has 4 N–H and O–H groups in total. The molecule has 0 fully saturated rings. The van der Waals surface area contributed by atoms with Gasteiger partial charge in [0.25, 0.3) is 5.56 Å². The molecule has 2 heterocycles. The summed E-state index contributed by atoms with van der Waals surface area (Å²) in [6.07, 6.45) is 0.166. The first-order chi connectivity index (χ1) is 12.6. The normalized spacial score (nSPS) is 11.3. The van der Waals surface area contributed by atoms with E-state index >= 15 is 0 Å². The molecule has 0 aliphatic heterocycles. The summed E-state index contributed by atoms with van der Waals surface area (Å²) in [5.41, 5.74) is 2.68. The molecular weight excluding hydrogens is 348 g/mol. The monoisotopic (exact) mass is 374 g/mol. The largest absolute Gasteiger partial charge is 0.320 e. The third-order valence-electron chi connectivity index (χ3n) is 4.35. The average Bonchev–Trinajstić information content (AvgIpc) is 2.77. The molecule has 0 aromatic carbocycles. The van der Waals surface area contributed by atoms with Crippen LogP contribution in [-0.2, 0) is 16.6 Å². The predicted molar refractivity (Wildman–Crippen MR) is 102 cm³/mol. The first-order valence-corrected chi connectivity index (χ1v) is 8.57. The molecule has 0 aliphatic carbocycles. The van der Waals surface area contributed by atoms with Crippen LogP contribution in [0.2, 0.25) is 0 Å². The van der Waals surface area contributed by atoms with E-state index in [1.54, 1.807) is 38.6 Å². The molecule has 2 aromatic rings. The lowest BCUT2D eigenvalue weighted by atomic mass is 9.85. The van der Waals surface area contributed by atoms with Gasteiger partial charge in [-0.2, -0.15) is 4.68 Å². The Labute approximate surface area is 157 Å². The number of amides is 2. The van der Waals surface area contributed by atoms with Gasteiger partial charge in [0, 0.05) is 25.6 Å². The van der Waals surface area contributed by atoms with E-state index in [1.165, 1.54) is 4.68 Å². The lowest BCUT2D eigenvalue weighted by Gasteiger charge is -2.22. The van der Waals surface area contributed by atoms with Gasteiger partial charge in [-0.3, -0.25) is 24.5 Å². The van der Waals surface area contributed by atoms with Gasteiger partial charge in [-0.25, -0.2) is 10.8 Å². The van der Waals surface area contributed by atoms with E-state index < -0.39 is 5.41 Å². The quantitative estimate of drug-likeness (QED) is 0.394. The molecule has 2 aromatic heterocycles. The Hall–Kier alpha value is -2.94. The summed E-state index contributed by atoms with van der Waals surface area (Å²) >= 11 is 0. The van der Waals surface area contributed by atoms with E-state index in [2.05, 4.69) is 15.7 Å². The van der Waals surface area contributed by atoms with Crippen molar-refractivity contribution in [2.24, 2.45) is 18.3 Å². The van der Waals surface area contributed by atoms with Crippen LogP contribution in [-0.4, -0.2) is 26.2 Å². The van der Waals surface area contributed by atoms with Crippen molar-refractivity contribution in [2.75, 3.05) is 5.32 Å². The van der Waals surface area contributed by atoms with Crippen molar-refractivity contribution >= 4 is 17.5 Å². The number of nitrogens with one attached hydrogen (secondary N) is 2. The van der Waals surface area contributed by atoms with Gasteiger partial charge >= 0.3 is 0 Å². The zero-order valence-corrected chi connectivity index (χ0v) is 16.3. The molecule has 0 saturated carbocycles. The van der Waals surface area contributed by atoms with Crippen LogP contribution in [0.25, 0.3) is 5.82 Å². The first-order valence-electron chi connectivity index (χ1n) is 8.57. The number of aromatic nitrogens is 3. The van der Waals surface area contributed by atoms with E-state index in [0.717, 1.165) is 5.69 Å². The van der Waals surface area contributed by atoms with E-state index in [4.69, 9.17) is 5.84 Å². The summed E-state index contributed by atoms with van der Waals surface area (Å²) in [5, 5.41) is 2.69. The highest BCUT2D eigenvalue weighted by Gasteiger charge is 2.27. The number of aryl methyl sites for hydroxylation is 1. The Morgan fingerprint density at radius 2 is 1.81 bits per heavy atom. The molecular formula is C18H26N6O3. The predicted octanol–water partition coefficient (Wildman–Crippen LogP) is 0.923. The third kappa shape index (κ3) is 4.62. The number of hydrazine groups is 1. The highest BCUT2D eigenvalue weighted by Crippen LogP contribution is 2.25. The van der Waals surface area contributed by atoms with E-state index in [9.17, 15) is 14.4 Å². The highest BCUT2D eigenvalue weighted by molar-refractivity contribution is 5.92. The van der Waals surface area contributed by atoms with Crippen LogP contribution in [0.4, 0.5) is 5.69 Å². The summed E-state index contributed by atoms with van der Waals surface area (Å²) in [5.74, 6) is 4.89. The molecule has 0 bridgehead atoms. The Kier molecular flexibility index (Phi) is 5.85. The van der Waals surface area contributed by atoms with Crippen LogP contribution in [0.5, 0.6) is 0 Å². The fraction of sp³-hybridized carbons (Fsp3) is 0.444. The molecule has 2 amide bonds. The fourth-order valence-electron chi connectivity index (χ4n) is 2.92. The maximum absolute atomic E-state index is 12.9. The number of nitrogens with two attached hydrogens (primary N) is 1. The van der Waals surface area contributed by atoms with Crippen molar-refractivity contribution in [1.82, 2.24) is 19.8 Å². The maximum Gasteiger partial charge on any atom is 0.296 e. The molecule has 2 rings (SSSR count). The minimum absolute atomic E-state index is 0.0664. The molecule has 0 spiro atoms. The van der Waals surface area contributed by atoms with Crippen molar-refractivity contribution in [3.8, 4) is 5.82 Å². The Morgan fingerprint density at radius 3 is 2.41 bits per heavy atom. The molecule has 27 heavy (non-hydrogen) atoms. The molecule has 9 heteroatoms. The summed E-state index contributed by atoms with van der Waals surface area (Å²) in [7, 11) is 1.73. The SMILES string of the molecule is Cc1cccc(-n2c(=O)c(NC(=O)CC(C)(C)CC(=O)NN)c(C)n2C)n1. The van der Waals surface area contributed by atoms with Gasteiger partial charge in [0.15, 0.2) is 5.82 Å². The van der Waals surface area contributed by atoms with Gasteiger partial charge in [-0.1, -0.05) is 19.9 Å². The lowest BCUT2D eigenvalue weighted by Crippen LogP contribution is -2.35. The Bertz CT molecular complexity index is 926. The minimum atomic E-state index is -0.604. The second kappa shape index (κ2) is 7.75. The smallest absolute Gasteiger partial charge is 0.296 e. The standard InChI is InChI=1S/C18H26N6O3/c1-11-7-6-8-13(20-11)24-17(27)16(12(2)23(24)5)21-14(25)9-18(3,4)10-15(26)22-19/h6-8H,9-10,19H2,1-5H3,(H,21,25)(H,22,26). The Morgan fingerprint density at radius 1 is 1.19 bits per heavy atom. The summed E-state index contributed by atoms with van der Waals surface area (Å²) in [6.45, 7) is 7.16. The summed E-state index contributed by atoms with van der Waals surface area (Å²) < 4.78 is 3.05. The number of carbonyl (C=O) groups is 2.